The Morgan fingerprint density at radius 3 is 2.58 bits per heavy atom. The van der Waals surface area contributed by atoms with Gasteiger partial charge >= 0.3 is 5.97 Å². The molecular weight excluding hydrogens is 341 g/mol. The maximum absolute atomic E-state index is 13.2. The van der Waals surface area contributed by atoms with E-state index < -0.39 is 11.9 Å². The van der Waals surface area contributed by atoms with E-state index in [1.54, 1.807) is 30.3 Å². The molecule has 26 heavy (non-hydrogen) atoms. The zero-order valence-electron chi connectivity index (χ0n) is 14.3. The molecule has 6 nitrogen and oxygen atoms in total. The number of rotatable bonds is 7. The van der Waals surface area contributed by atoms with Crippen molar-refractivity contribution in [3.63, 3.8) is 0 Å². The van der Waals surface area contributed by atoms with Crippen LogP contribution in [-0.4, -0.2) is 24.1 Å². The Kier molecular flexibility index (Phi) is 6.32. The quantitative estimate of drug-likeness (QED) is 0.743. The Bertz CT molecular complexity index is 848. The van der Waals surface area contributed by atoms with Crippen LogP contribution < -0.4 is 14.8 Å². The van der Waals surface area contributed by atoms with Crippen LogP contribution in [-0.2, 0) is 16.2 Å². The third-order valence-electron chi connectivity index (χ3n) is 3.32. The van der Waals surface area contributed by atoms with Gasteiger partial charge in [-0.2, -0.15) is 0 Å². The van der Waals surface area contributed by atoms with Crippen LogP contribution in [0.4, 0.5) is 4.39 Å². The molecule has 2 aromatic carbocycles. The molecule has 2 N–H and O–H groups in total. The molecule has 0 unspecified atom stereocenters. The van der Waals surface area contributed by atoms with Crippen molar-refractivity contribution in [2.75, 3.05) is 7.11 Å². The molecule has 0 aliphatic heterocycles. The van der Waals surface area contributed by atoms with Gasteiger partial charge in [0.15, 0.2) is 11.5 Å². The van der Waals surface area contributed by atoms with E-state index in [1.807, 2.05) is 0 Å². The fourth-order valence-electron chi connectivity index (χ4n) is 2.19. The van der Waals surface area contributed by atoms with Gasteiger partial charge in [-0.05, 0) is 41.5 Å². The number of hydrogen-bond acceptors (Lipinski definition) is 4. The molecule has 0 atom stereocenters. The van der Waals surface area contributed by atoms with E-state index in [0.717, 1.165) is 0 Å². The zero-order chi connectivity index (χ0) is 19.1. The van der Waals surface area contributed by atoms with Gasteiger partial charge in [0.05, 0.1) is 7.11 Å². The highest BCUT2D eigenvalue weighted by molar-refractivity contribution is 5.96. The molecule has 2 rings (SSSR count). The molecule has 0 heterocycles. The molecule has 7 heteroatoms. The van der Waals surface area contributed by atoms with E-state index in [1.165, 1.54) is 32.2 Å². The molecule has 1 amide bonds. The van der Waals surface area contributed by atoms with E-state index in [2.05, 4.69) is 5.32 Å². The van der Waals surface area contributed by atoms with Crippen LogP contribution in [0.5, 0.6) is 11.5 Å². The minimum Gasteiger partial charge on any atom is -0.493 e. The second-order valence-corrected chi connectivity index (χ2v) is 5.37. The molecule has 0 fully saturated rings. The van der Waals surface area contributed by atoms with Crippen molar-refractivity contribution in [1.29, 1.82) is 0 Å². The summed E-state index contributed by atoms with van der Waals surface area (Å²) in [5, 5.41) is 11.4. The first-order valence-electron chi connectivity index (χ1n) is 7.67. The predicted molar refractivity (Wildman–Crippen MR) is 93.2 cm³/mol. The van der Waals surface area contributed by atoms with Crippen LogP contribution in [0.1, 0.15) is 18.1 Å². The number of amides is 1. The number of carboxylic acid groups (broad SMARTS) is 1. The SMILES string of the molecule is COc1cc(/C=C(/NC(C)=O)C(=O)O)ccc1OCc1cccc(F)c1. The summed E-state index contributed by atoms with van der Waals surface area (Å²) < 4.78 is 24.1. The Morgan fingerprint density at radius 1 is 1.19 bits per heavy atom. The molecule has 0 saturated carbocycles. The van der Waals surface area contributed by atoms with E-state index in [-0.39, 0.29) is 18.1 Å². The summed E-state index contributed by atoms with van der Waals surface area (Å²) in [4.78, 5) is 22.3. The maximum atomic E-state index is 13.2. The van der Waals surface area contributed by atoms with Crippen molar-refractivity contribution < 1.29 is 28.6 Å². The van der Waals surface area contributed by atoms with Gasteiger partial charge in [-0.15, -0.1) is 0 Å². The molecule has 0 radical (unpaired) electrons. The summed E-state index contributed by atoms with van der Waals surface area (Å²) in [6, 6.07) is 10.8. The van der Waals surface area contributed by atoms with E-state index in [0.29, 0.717) is 22.6 Å². The van der Waals surface area contributed by atoms with Crippen LogP contribution in [0.3, 0.4) is 0 Å². The Morgan fingerprint density at radius 2 is 1.96 bits per heavy atom. The van der Waals surface area contributed by atoms with E-state index >= 15 is 0 Å². The minimum atomic E-state index is -1.26. The smallest absolute Gasteiger partial charge is 0.352 e. The van der Waals surface area contributed by atoms with Crippen LogP contribution in [0.25, 0.3) is 6.08 Å². The fourth-order valence-corrected chi connectivity index (χ4v) is 2.19. The summed E-state index contributed by atoms with van der Waals surface area (Å²) in [5.74, 6) is -1.29. The lowest BCUT2D eigenvalue weighted by molar-refractivity contribution is -0.134. The van der Waals surface area contributed by atoms with Crippen LogP contribution in [0.15, 0.2) is 48.2 Å². The Labute approximate surface area is 149 Å². The highest BCUT2D eigenvalue weighted by atomic mass is 19.1. The first-order chi connectivity index (χ1) is 12.4. The number of carbonyl (C=O) groups is 2. The molecular formula is C19H18FNO5. The summed E-state index contributed by atoms with van der Waals surface area (Å²) >= 11 is 0. The topological polar surface area (TPSA) is 84.9 Å². The average molecular weight is 359 g/mol. The number of hydrogen-bond donors (Lipinski definition) is 2. The largest absolute Gasteiger partial charge is 0.493 e. The summed E-state index contributed by atoms with van der Waals surface area (Å²) in [7, 11) is 1.45. The van der Waals surface area contributed by atoms with E-state index in [9.17, 15) is 14.0 Å². The van der Waals surface area contributed by atoms with Gasteiger partial charge in [0.2, 0.25) is 5.91 Å². The second kappa shape index (κ2) is 8.66. The van der Waals surface area contributed by atoms with Crippen molar-refractivity contribution in [1.82, 2.24) is 5.32 Å². The molecule has 136 valence electrons. The summed E-state index contributed by atoms with van der Waals surface area (Å²) in [5.41, 5.74) is 0.911. The lowest BCUT2D eigenvalue weighted by Gasteiger charge is -2.12. The summed E-state index contributed by atoms with van der Waals surface area (Å²) in [6.45, 7) is 1.37. The van der Waals surface area contributed by atoms with Crippen molar-refractivity contribution >= 4 is 18.0 Å². The normalized spacial score (nSPS) is 11.0. The standard InChI is InChI=1S/C19H18FNO5/c1-12(22)21-16(19(23)24)9-13-6-7-17(18(10-13)25-2)26-11-14-4-3-5-15(20)8-14/h3-10H,11H2,1-2H3,(H,21,22)(H,23,24)/b16-9+. The number of carbonyl (C=O) groups excluding carboxylic acids is 1. The number of nitrogens with one attached hydrogen (secondary N) is 1. The third kappa shape index (κ3) is 5.34. The van der Waals surface area contributed by atoms with E-state index in [4.69, 9.17) is 14.6 Å². The molecule has 0 saturated heterocycles. The minimum absolute atomic E-state index is 0.148. The van der Waals surface area contributed by atoms with Gasteiger partial charge in [0, 0.05) is 6.92 Å². The number of aliphatic carboxylic acids is 1. The molecule has 2 aromatic rings. The highest BCUT2D eigenvalue weighted by Crippen LogP contribution is 2.29. The second-order valence-electron chi connectivity index (χ2n) is 5.37. The molecule has 0 aliphatic rings. The average Bonchev–Trinajstić information content (AvgIpc) is 2.59. The lowest BCUT2D eigenvalue weighted by atomic mass is 10.1. The number of halogens is 1. The van der Waals surface area contributed by atoms with Crippen molar-refractivity contribution in [3.8, 4) is 11.5 Å². The first kappa shape index (κ1) is 19.0. The first-order valence-corrected chi connectivity index (χ1v) is 7.67. The van der Waals surface area contributed by atoms with Gasteiger partial charge in [-0.3, -0.25) is 4.79 Å². The third-order valence-corrected chi connectivity index (χ3v) is 3.32. The Hall–Kier alpha value is -3.35. The van der Waals surface area contributed by atoms with Crippen LogP contribution in [0, 0.1) is 5.82 Å². The zero-order valence-corrected chi connectivity index (χ0v) is 14.3. The number of ether oxygens (including phenoxy) is 2. The Balaban J connectivity index is 2.20. The number of benzene rings is 2. The van der Waals surface area contributed by atoms with Crippen LogP contribution >= 0.6 is 0 Å². The van der Waals surface area contributed by atoms with Crippen molar-refractivity contribution in [3.05, 3.63) is 65.1 Å². The molecule has 0 spiro atoms. The molecule has 0 aromatic heterocycles. The van der Waals surface area contributed by atoms with Crippen molar-refractivity contribution in [2.45, 2.75) is 13.5 Å². The van der Waals surface area contributed by atoms with Gasteiger partial charge in [0.1, 0.15) is 18.1 Å². The van der Waals surface area contributed by atoms with Gasteiger partial charge in [0.25, 0.3) is 0 Å². The summed E-state index contributed by atoms with van der Waals surface area (Å²) in [6.07, 6.45) is 1.31. The maximum Gasteiger partial charge on any atom is 0.352 e. The fraction of sp³-hybridized carbons (Fsp3) is 0.158. The lowest BCUT2D eigenvalue weighted by Crippen LogP contribution is -2.24. The van der Waals surface area contributed by atoms with Gasteiger partial charge in [-0.1, -0.05) is 18.2 Å². The highest BCUT2D eigenvalue weighted by Gasteiger charge is 2.11. The number of carboxylic acids is 1. The number of methoxy groups -OCH3 is 1. The molecule has 0 aliphatic carbocycles. The van der Waals surface area contributed by atoms with Gasteiger partial charge < -0.3 is 19.9 Å². The van der Waals surface area contributed by atoms with Gasteiger partial charge in [-0.25, -0.2) is 9.18 Å². The monoisotopic (exact) mass is 359 g/mol. The van der Waals surface area contributed by atoms with Crippen molar-refractivity contribution in [2.24, 2.45) is 0 Å². The van der Waals surface area contributed by atoms with Crippen LogP contribution in [0.2, 0.25) is 0 Å². The predicted octanol–water partition coefficient (Wildman–Crippen LogP) is 2.97. The molecule has 0 bridgehead atoms.